The molecule has 0 aromatic heterocycles. The van der Waals surface area contributed by atoms with Crippen LogP contribution >= 0.6 is 0 Å². The number of hydrogen-bond donors (Lipinski definition) is 2. The van der Waals surface area contributed by atoms with Gasteiger partial charge in [0.15, 0.2) is 0 Å². The lowest BCUT2D eigenvalue weighted by Gasteiger charge is -2.32. The summed E-state index contributed by atoms with van der Waals surface area (Å²) in [6.07, 6.45) is 2.31. The molecule has 1 heterocycles. The third-order valence-electron chi connectivity index (χ3n) is 5.03. The van der Waals surface area contributed by atoms with E-state index < -0.39 is 0 Å². The van der Waals surface area contributed by atoms with E-state index >= 15 is 0 Å². The normalized spacial score (nSPS) is 15.3. The van der Waals surface area contributed by atoms with Crippen molar-refractivity contribution in [3.63, 3.8) is 0 Å². The third-order valence-corrected chi connectivity index (χ3v) is 5.03. The van der Waals surface area contributed by atoms with E-state index in [0.717, 1.165) is 43.7 Å². The van der Waals surface area contributed by atoms with Crippen LogP contribution in [0.4, 0.5) is 5.69 Å². The molecule has 27 heavy (non-hydrogen) atoms. The van der Waals surface area contributed by atoms with Gasteiger partial charge in [0.1, 0.15) is 0 Å². The Bertz CT molecular complexity index is 768. The van der Waals surface area contributed by atoms with Crippen molar-refractivity contribution in [2.24, 2.45) is 0 Å². The quantitative estimate of drug-likeness (QED) is 0.826. The van der Waals surface area contributed by atoms with Crippen LogP contribution in [0.25, 0.3) is 0 Å². The molecule has 0 bridgehead atoms. The first-order valence-electron chi connectivity index (χ1n) is 9.55. The van der Waals surface area contributed by atoms with Gasteiger partial charge in [-0.2, -0.15) is 0 Å². The zero-order valence-electron chi connectivity index (χ0n) is 15.8. The molecule has 0 unspecified atom stereocenters. The number of nitrogens with one attached hydrogen (secondary N) is 2. The standard InChI is InChI=1S/C22H27N3O2/c1-17-7-5-6-10-20(17)24-21(26)13-16-25-14-11-19(12-15-25)23-22(27)18-8-3-2-4-9-18/h2-10,19H,11-16H2,1H3,(H,23,27)(H,24,26). The topological polar surface area (TPSA) is 61.4 Å². The predicted octanol–water partition coefficient (Wildman–Crippen LogP) is 3.22. The van der Waals surface area contributed by atoms with E-state index in [-0.39, 0.29) is 17.9 Å². The number of benzene rings is 2. The first-order valence-corrected chi connectivity index (χ1v) is 9.55. The number of piperidine rings is 1. The van der Waals surface area contributed by atoms with Crippen molar-refractivity contribution in [2.45, 2.75) is 32.2 Å². The van der Waals surface area contributed by atoms with Crippen molar-refractivity contribution in [1.82, 2.24) is 10.2 Å². The highest BCUT2D eigenvalue weighted by atomic mass is 16.2. The highest BCUT2D eigenvalue weighted by Crippen LogP contribution is 2.15. The van der Waals surface area contributed by atoms with Crippen molar-refractivity contribution < 1.29 is 9.59 Å². The minimum Gasteiger partial charge on any atom is -0.349 e. The second-order valence-corrected chi connectivity index (χ2v) is 7.07. The van der Waals surface area contributed by atoms with Gasteiger partial charge in [-0.3, -0.25) is 9.59 Å². The van der Waals surface area contributed by atoms with Crippen LogP contribution in [-0.4, -0.2) is 42.4 Å². The average Bonchev–Trinajstić information content (AvgIpc) is 2.70. The van der Waals surface area contributed by atoms with Crippen LogP contribution in [0.5, 0.6) is 0 Å². The Kier molecular flexibility index (Phi) is 6.60. The van der Waals surface area contributed by atoms with Crippen molar-refractivity contribution in [2.75, 3.05) is 25.0 Å². The Balaban J connectivity index is 1.37. The third kappa shape index (κ3) is 5.66. The number of para-hydroxylation sites is 1. The highest BCUT2D eigenvalue weighted by Gasteiger charge is 2.21. The molecule has 2 aromatic rings. The Morgan fingerprint density at radius 2 is 1.67 bits per heavy atom. The van der Waals surface area contributed by atoms with E-state index in [1.165, 1.54) is 0 Å². The minimum absolute atomic E-state index is 0.00772. The van der Waals surface area contributed by atoms with Gasteiger partial charge in [-0.15, -0.1) is 0 Å². The van der Waals surface area contributed by atoms with Crippen LogP contribution < -0.4 is 10.6 Å². The van der Waals surface area contributed by atoms with E-state index in [2.05, 4.69) is 15.5 Å². The fourth-order valence-corrected chi connectivity index (χ4v) is 3.34. The summed E-state index contributed by atoms with van der Waals surface area (Å²) in [5.74, 6) is 0.0375. The Labute approximate surface area is 160 Å². The molecule has 142 valence electrons. The summed E-state index contributed by atoms with van der Waals surface area (Å²) in [5.41, 5.74) is 2.65. The van der Waals surface area contributed by atoms with Crippen molar-refractivity contribution in [3.05, 3.63) is 65.7 Å². The highest BCUT2D eigenvalue weighted by molar-refractivity contribution is 5.94. The fourth-order valence-electron chi connectivity index (χ4n) is 3.34. The number of amides is 2. The predicted molar refractivity (Wildman–Crippen MR) is 108 cm³/mol. The van der Waals surface area contributed by atoms with Gasteiger partial charge in [0.25, 0.3) is 5.91 Å². The first kappa shape index (κ1) is 19.1. The molecule has 1 aliphatic rings. The van der Waals surface area contributed by atoms with Crippen LogP contribution in [0.1, 0.15) is 35.2 Å². The summed E-state index contributed by atoms with van der Waals surface area (Å²) < 4.78 is 0. The number of likely N-dealkylation sites (tertiary alicyclic amines) is 1. The molecule has 0 saturated carbocycles. The summed E-state index contributed by atoms with van der Waals surface area (Å²) in [4.78, 5) is 26.7. The number of aryl methyl sites for hydroxylation is 1. The largest absolute Gasteiger partial charge is 0.349 e. The Hall–Kier alpha value is -2.66. The van der Waals surface area contributed by atoms with Crippen LogP contribution in [0.2, 0.25) is 0 Å². The van der Waals surface area contributed by atoms with Gasteiger partial charge >= 0.3 is 0 Å². The molecular weight excluding hydrogens is 338 g/mol. The SMILES string of the molecule is Cc1ccccc1NC(=O)CCN1CCC(NC(=O)c2ccccc2)CC1. The van der Waals surface area contributed by atoms with Crippen LogP contribution in [0, 0.1) is 6.92 Å². The number of anilines is 1. The van der Waals surface area contributed by atoms with Crippen molar-refractivity contribution in [3.8, 4) is 0 Å². The lowest BCUT2D eigenvalue weighted by Crippen LogP contribution is -2.45. The maximum absolute atomic E-state index is 12.2. The lowest BCUT2D eigenvalue weighted by atomic mass is 10.0. The summed E-state index contributed by atoms with van der Waals surface area (Å²) in [6.45, 7) is 4.54. The van der Waals surface area contributed by atoms with Crippen molar-refractivity contribution >= 4 is 17.5 Å². The van der Waals surface area contributed by atoms with Crippen molar-refractivity contribution in [1.29, 1.82) is 0 Å². The Morgan fingerprint density at radius 1 is 1.00 bits per heavy atom. The Morgan fingerprint density at radius 3 is 2.37 bits per heavy atom. The molecule has 1 fully saturated rings. The van der Waals surface area contributed by atoms with E-state index in [1.54, 1.807) is 0 Å². The average molecular weight is 365 g/mol. The maximum Gasteiger partial charge on any atom is 0.251 e. The van der Waals surface area contributed by atoms with Crippen LogP contribution in [0.15, 0.2) is 54.6 Å². The molecule has 2 aromatic carbocycles. The molecule has 2 N–H and O–H groups in total. The zero-order chi connectivity index (χ0) is 19.1. The van der Waals surface area contributed by atoms with Gasteiger partial charge in [-0.05, 0) is 43.5 Å². The van der Waals surface area contributed by atoms with Gasteiger partial charge in [0.2, 0.25) is 5.91 Å². The van der Waals surface area contributed by atoms with E-state index in [4.69, 9.17) is 0 Å². The van der Waals surface area contributed by atoms with Crippen LogP contribution in [-0.2, 0) is 4.79 Å². The number of rotatable bonds is 6. The summed E-state index contributed by atoms with van der Waals surface area (Å²) in [7, 11) is 0. The monoisotopic (exact) mass is 365 g/mol. The minimum atomic E-state index is -0.00772. The summed E-state index contributed by atoms with van der Waals surface area (Å²) in [5, 5.41) is 6.09. The molecule has 3 rings (SSSR count). The van der Waals surface area contributed by atoms with E-state index in [1.807, 2.05) is 61.5 Å². The first-order chi connectivity index (χ1) is 13.1. The molecule has 0 aliphatic carbocycles. The smallest absolute Gasteiger partial charge is 0.251 e. The molecule has 5 nitrogen and oxygen atoms in total. The lowest BCUT2D eigenvalue weighted by molar-refractivity contribution is -0.116. The molecular formula is C22H27N3O2. The fraction of sp³-hybridized carbons (Fsp3) is 0.364. The van der Waals surface area contributed by atoms with E-state index in [0.29, 0.717) is 12.0 Å². The molecule has 1 aliphatic heterocycles. The van der Waals surface area contributed by atoms with Gasteiger partial charge in [0.05, 0.1) is 0 Å². The van der Waals surface area contributed by atoms with Gasteiger partial charge in [-0.1, -0.05) is 36.4 Å². The zero-order valence-corrected chi connectivity index (χ0v) is 15.8. The molecule has 5 heteroatoms. The number of hydrogen-bond acceptors (Lipinski definition) is 3. The molecule has 1 saturated heterocycles. The maximum atomic E-state index is 12.2. The molecule has 0 spiro atoms. The van der Waals surface area contributed by atoms with Gasteiger partial charge in [-0.25, -0.2) is 0 Å². The number of carbonyl (C=O) groups is 2. The molecule has 2 amide bonds. The van der Waals surface area contributed by atoms with Gasteiger partial charge in [0, 0.05) is 43.3 Å². The number of nitrogens with zero attached hydrogens (tertiary/aromatic N) is 1. The second-order valence-electron chi connectivity index (χ2n) is 7.07. The summed E-state index contributed by atoms with van der Waals surface area (Å²) >= 11 is 0. The summed E-state index contributed by atoms with van der Waals surface area (Å²) in [6, 6.07) is 17.3. The van der Waals surface area contributed by atoms with Gasteiger partial charge < -0.3 is 15.5 Å². The molecule has 0 atom stereocenters. The second kappa shape index (κ2) is 9.33. The van der Waals surface area contributed by atoms with E-state index in [9.17, 15) is 9.59 Å². The number of carbonyl (C=O) groups excluding carboxylic acids is 2. The van der Waals surface area contributed by atoms with Crippen LogP contribution in [0.3, 0.4) is 0 Å². The molecule has 0 radical (unpaired) electrons.